The van der Waals surface area contributed by atoms with Crippen molar-refractivity contribution in [1.29, 1.82) is 0 Å². The third kappa shape index (κ3) is 2.39. The molecule has 1 aliphatic heterocycles. The van der Waals surface area contributed by atoms with Crippen LogP contribution in [0.15, 0.2) is 18.3 Å². The highest BCUT2D eigenvalue weighted by molar-refractivity contribution is 5.48. The number of nitrogen functional groups attached to an aromatic ring is 1. The zero-order valence-electron chi connectivity index (χ0n) is 9.02. The molecule has 2 heterocycles. The maximum absolute atomic E-state index is 5.56. The summed E-state index contributed by atoms with van der Waals surface area (Å²) in [5, 5.41) is 0. The zero-order valence-corrected chi connectivity index (χ0v) is 9.02. The second kappa shape index (κ2) is 4.49. The molecule has 1 fully saturated rings. The second-order valence-electron chi connectivity index (χ2n) is 3.89. The van der Waals surface area contributed by atoms with Gasteiger partial charge in [-0.3, -0.25) is 0 Å². The Kier molecular flexibility index (Phi) is 3.06. The van der Waals surface area contributed by atoms with Gasteiger partial charge in [-0.1, -0.05) is 0 Å². The fourth-order valence-electron chi connectivity index (χ4n) is 1.95. The minimum Gasteiger partial charge on any atom is -0.384 e. The smallest absolute Gasteiger partial charge is 0.123 e. The zero-order chi connectivity index (χ0) is 10.7. The largest absolute Gasteiger partial charge is 0.384 e. The van der Waals surface area contributed by atoms with Gasteiger partial charge in [0.25, 0.3) is 0 Å². The van der Waals surface area contributed by atoms with Gasteiger partial charge in [0.05, 0.1) is 18.0 Å². The third-order valence-corrected chi connectivity index (χ3v) is 2.85. The van der Waals surface area contributed by atoms with Crippen LogP contribution >= 0.6 is 0 Å². The van der Waals surface area contributed by atoms with Crippen LogP contribution in [0.5, 0.6) is 0 Å². The lowest BCUT2D eigenvalue weighted by Crippen LogP contribution is -2.39. The van der Waals surface area contributed by atoms with Crippen molar-refractivity contribution in [1.82, 2.24) is 4.98 Å². The predicted molar refractivity (Wildman–Crippen MR) is 60.9 cm³/mol. The molecule has 0 aromatic carbocycles. The Morgan fingerprint density at radius 3 is 3.07 bits per heavy atom. The summed E-state index contributed by atoms with van der Waals surface area (Å²) in [7, 11) is 1.77. The summed E-state index contributed by atoms with van der Waals surface area (Å²) in [4.78, 5) is 6.40. The number of anilines is 2. The molecule has 0 amide bonds. The highest BCUT2D eigenvalue weighted by atomic mass is 16.5. The van der Waals surface area contributed by atoms with Crippen LogP contribution in [0.4, 0.5) is 11.5 Å². The number of aromatic nitrogens is 1. The first-order chi connectivity index (χ1) is 7.29. The average Bonchev–Trinajstić information content (AvgIpc) is 2.30. The fraction of sp³-hybridized carbons (Fsp3) is 0.545. The molecule has 1 unspecified atom stereocenters. The van der Waals surface area contributed by atoms with Crippen molar-refractivity contribution in [3.63, 3.8) is 0 Å². The van der Waals surface area contributed by atoms with Crippen LogP contribution in [0.25, 0.3) is 0 Å². The van der Waals surface area contributed by atoms with E-state index in [2.05, 4.69) is 9.88 Å². The molecule has 0 bridgehead atoms. The molecule has 1 aromatic heterocycles. The molecule has 0 spiro atoms. The van der Waals surface area contributed by atoms with Gasteiger partial charge in [-0.05, 0) is 25.0 Å². The Labute approximate surface area is 90.0 Å². The van der Waals surface area contributed by atoms with Gasteiger partial charge in [0.2, 0.25) is 0 Å². The molecule has 1 saturated heterocycles. The van der Waals surface area contributed by atoms with Gasteiger partial charge in [0, 0.05) is 20.2 Å². The van der Waals surface area contributed by atoms with E-state index in [-0.39, 0.29) is 0 Å². The molecule has 15 heavy (non-hydrogen) atoms. The van der Waals surface area contributed by atoms with E-state index >= 15 is 0 Å². The number of rotatable bonds is 2. The van der Waals surface area contributed by atoms with Crippen LogP contribution in [0.3, 0.4) is 0 Å². The molecule has 4 nitrogen and oxygen atoms in total. The van der Waals surface area contributed by atoms with E-state index in [9.17, 15) is 0 Å². The van der Waals surface area contributed by atoms with E-state index in [1.807, 2.05) is 18.3 Å². The highest BCUT2D eigenvalue weighted by Gasteiger charge is 2.19. The van der Waals surface area contributed by atoms with Crippen molar-refractivity contribution in [2.24, 2.45) is 0 Å². The molecule has 0 radical (unpaired) electrons. The molecule has 0 aliphatic carbocycles. The summed E-state index contributed by atoms with van der Waals surface area (Å²) in [5.41, 5.74) is 6.69. The van der Waals surface area contributed by atoms with Crippen molar-refractivity contribution < 1.29 is 4.74 Å². The van der Waals surface area contributed by atoms with Crippen molar-refractivity contribution >= 4 is 11.5 Å². The second-order valence-corrected chi connectivity index (χ2v) is 3.89. The van der Waals surface area contributed by atoms with Crippen LogP contribution in [-0.4, -0.2) is 31.3 Å². The third-order valence-electron chi connectivity index (χ3n) is 2.85. The molecule has 82 valence electrons. The lowest BCUT2D eigenvalue weighted by molar-refractivity contribution is 0.0893. The number of methoxy groups -OCH3 is 1. The van der Waals surface area contributed by atoms with Crippen LogP contribution in [0, 0.1) is 0 Å². The molecular weight excluding hydrogens is 190 g/mol. The molecule has 1 atom stereocenters. The van der Waals surface area contributed by atoms with E-state index in [0.717, 1.165) is 25.2 Å². The van der Waals surface area contributed by atoms with Crippen LogP contribution in [0.2, 0.25) is 0 Å². The minimum atomic E-state index is 0.344. The molecule has 1 aromatic rings. The van der Waals surface area contributed by atoms with Crippen molar-refractivity contribution in [3.05, 3.63) is 18.3 Å². The average molecular weight is 207 g/mol. The van der Waals surface area contributed by atoms with Gasteiger partial charge < -0.3 is 15.4 Å². The first-order valence-corrected chi connectivity index (χ1v) is 5.29. The minimum absolute atomic E-state index is 0.344. The van der Waals surface area contributed by atoms with Crippen LogP contribution in [0.1, 0.15) is 12.8 Å². The number of pyridine rings is 1. The fourth-order valence-corrected chi connectivity index (χ4v) is 1.95. The van der Waals surface area contributed by atoms with E-state index in [1.54, 1.807) is 7.11 Å². The maximum Gasteiger partial charge on any atom is 0.123 e. The SMILES string of the molecule is COC1CCCN(c2ccc(N)nc2)C1. The number of piperidine rings is 1. The van der Waals surface area contributed by atoms with E-state index < -0.39 is 0 Å². The van der Waals surface area contributed by atoms with Gasteiger partial charge in [-0.25, -0.2) is 4.98 Å². The Morgan fingerprint density at radius 1 is 1.53 bits per heavy atom. The van der Waals surface area contributed by atoms with E-state index in [1.165, 1.54) is 6.42 Å². The normalized spacial score (nSPS) is 21.7. The molecule has 2 rings (SSSR count). The Morgan fingerprint density at radius 2 is 2.40 bits per heavy atom. The molecule has 2 N–H and O–H groups in total. The first kappa shape index (κ1) is 10.2. The lowest BCUT2D eigenvalue weighted by Gasteiger charge is -2.33. The first-order valence-electron chi connectivity index (χ1n) is 5.29. The summed E-state index contributed by atoms with van der Waals surface area (Å²) < 4.78 is 5.38. The summed E-state index contributed by atoms with van der Waals surface area (Å²) >= 11 is 0. The Hall–Kier alpha value is -1.29. The van der Waals surface area contributed by atoms with Crippen molar-refractivity contribution in [2.45, 2.75) is 18.9 Å². The monoisotopic (exact) mass is 207 g/mol. The van der Waals surface area contributed by atoms with Gasteiger partial charge in [-0.15, -0.1) is 0 Å². The number of nitrogens with two attached hydrogens (primary N) is 1. The van der Waals surface area contributed by atoms with E-state index in [4.69, 9.17) is 10.5 Å². The van der Waals surface area contributed by atoms with Crippen LogP contribution < -0.4 is 10.6 Å². The molecule has 1 aliphatic rings. The summed E-state index contributed by atoms with van der Waals surface area (Å²) in [5.74, 6) is 0.569. The molecule has 0 saturated carbocycles. The Balaban J connectivity index is 2.06. The quantitative estimate of drug-likeness (QED) is 0.793. The van der Waals surface area contributed by atoms with Gasteiger partial charge in [-0.2, -0.15) is 0 Å². The summed E-state index contributed by atoms with van der Waals surface area (Å²) in [6, 6.07) is 3.85. The highest BCUT2D eigenvalue weighted by Crippen LogP contribution is 2.20. The number of hydrogen-bond acceptors (Lipinski definition) is 4. The van der Waals surface area contributed by atoms with Crippen LogP contribution in [-0.2, 0) is 4.74 Å². The van der Waals surface area contributed by atoms with Crippen molar-refractivity contribution in [3.8, 4) is 0 Å². The number of hydrogen-bond donors (Lipinski definition) is 1. The summed E-state index contributed by atoms with van der Waals surface area (Å²) in [6.07, 6.45) is 4.49. The topological polar surface area (TPSA) is 51.4 Å². The number of ether oxygens (including phenoxy) is 1. The Bertz CT molecular complexity index is 312. The molecular formula is C11H17N3O. The van der Waals surface area contributed by atoms with E-state index in [0.29, 0.717) is 11.9 Å². The van der Waals surface area contributed by atoms with Gasteiger partial charge >= 0.3 is 0 Å². The standard InChI is InChI=1S/C11H17N3O/c1-15-10-3-2-6-14(8-10)9-4-5-11(12)13-7-9/h4-5,7,10H,2-3,6,8H2,1H3,(H2,12,13). The van der Waals surface area contributed by atoms with Gasteiger partial charge in [0.1, 0.15) is 5.82 Å². The van der Waals surface area contributed by atoms with Gasteiger partial charge in [0.15, 0.2) is 0 Å². The predicted octanol–water partition coefficient (Wildman–Crippen LogP) is 1.28. The number of nitrogens with zero attached hydrogens (tertiary/aromatic N) is 2. The maximum atomic E-state index is 5.56. The lowest BCUT2D eigenvalue weighted by atomic mass is 10.1. The summed E-state index contributed by atoms with van der Waals surface area (Å²) in [6.45, 7) is 2.02. The van der Waals surface area contributed by atoms with Crippen molar-refractivity contribution in [2.75, 3.05) is 30.8 Å². The molecule has 4 heteroatoms.